The van der Waals surface area contributed by atoms with Crippen LogP contribution in [-0.4, -0.2) is 29.6 Å². The van der Waals surface area contributed by atoms with Crippen LogP contribution in [0.25, 0.3) is 0 Å². The fourth-order valence-electron chi connectivity index (χ4n) is 3.61. The minimum atomic E-state index is -0.295. The maximum Gasteiger partial charge on any atom is 0.101 e. The Labute approximate surface area is 146 Å². The number of β-amino-alcohol motifs (C(OH)–C–C–N with tert-alkyl or cyclic N) is 1. The van der Waals surface area contributed by atoms with E-state index in [0.717, 1.165) is 19.6 Å². The highest BCUT2D eigenvalue weighted by atomic mass is 32.1. The maximum absolute atomic E-state index is 10.6. The van der Waals surface area contributed by atoms with Crippen molar-refractivity contribution in [1.29, 1.82) is 0 Å². The highest BCUT2D eigenvalue weighted by Crippen LogP contribution is 2.30. The molecule has 2 heterocycles. The second-order valence-corrected chi connectivity index (χ2v) is 8.06. The third kappa shape index (κ3) is 6.21. The smallest absolute Gasteiger partial charge is 0.101 e. The van der Waals surface area contributed by atoms with Gasteiger partial charge in [-0.05, 0) is 62.2 Å². The quantitative estimate of drug-likeness (QED) is 0.572. The van der Waals surface area contributed by atoms with Gasteiger partial charge in [-0.3, -0.25) is 0 Å². The third-order valence-corrected chi connectivity index (χ3v) is 6.40. The summed E-state index contributed by atoms with van der Waals surface area (Å²) in [6.45, 7) is 7.61. The van der Waals surface area contributed by atoms with Gasteiger partial charge in [0.15, 0.2) is 0 Å². The summed E-state index contributed by atoms with van der Waals surface area (Å²) in [5.41, 5.74) is 2.83. The molecule has 0 amide bonds. The minimum absolute atomic E-state index is 0.295. The second-order valence-electron chi connectivity index (χ2n) is 7.15. The Kier molecular flexibility index (Phi) is 8.63. The first kappa shape index (κ1) is 19.0. The van der Waals surface area contributed by atoms with Crippen LogP contribution in [-0.2, 0) is 6.42 Å². The molecule has 0 radical (unpaired) electrons. The van der Waals surface area contributed by atoms with Crippen molar-refractivity contribution in [2.45, 2.75) is 84.2 Å². The van der Waals surface area contributed by atoms with Gasteiger partial charge in [-0.15, -0.1) is 11.3 Å². The summed E-state index contributed by atoms with van der Waals surface area (Å²) in [5, 5.41) is 12.9. The highest BCUT2D eigenvalue weighted by molar-refractivity contribution is 7.10. The predicted molar refractivity (Wildman–Crippen MR) is 101 cm³/mol. The van der Waals surface area contributed by atoms with E-state index in [4.69, 9.17) is 0 Å². The van der Waals surface area contributed by atoms with E-state index in [1.165, 1.54) is 80.2 Å². The van der Waals surface area contributed by atoms with E-state index in [0.29, 0.717) is 0 Å². The molecule has 2 nitrogen and oxygen atoms in total. The SMILES string of the molecule is CCCCCCCCc1csc(C(O)CN2CCCCC2)c1C. The molecule has 132 valence electrons. The van der Waals surface area contributed by atoms with Crippen LogP contribution < -0.4 is 0 Å². The number of nitrogens with zero attached hydrogens (tertiary/aromatic N) is 1. The number of hydrogen-bond acceptors (Lipinski definition) is 3. The molecule has 1 fully saturated rings. The molecule has 1 aliphatic rings. The first-order valence-corrected chi connectivity index (χ1v) is 10.6. The normalized spacial score (nSPS) is 17.5. The maximum atomic E-state index is 10.6. The van der Waals surface area contributed by atoms with Crippen molar-refractivity contribution in [3.8, 4) is 0 Å². The molecule has 2 rings (SSSR count). The third-order valence-electron chi connectivity index (χ3n) is 5.16. The van der Waals surface area contributed by atoms with Gasteiger partial charge in [-0.25, -0.2) is 0 Å². The van der Waals surface area contributed by atoms with Crippen molar-refractivity contribution in [3.63, 3.8) is 0 Å². The van der Waals surface area contributed by atoms with Gasteiger partial charge in [0.05, 0.1) is 0 Å². The molecule has 3 heteroatoms. The number of rotatable bonds is 10. The van der Waals surface area contributed by atoms with Gasteiger partial charge in [-0.1, -0.05) is 45.4 Å². The molecule has 1 atom stereocenters. The lowest BCUT2D eigenvalue weighted by Gasteiger charge is -2.28. The van der Waals surface area contributed by atoms with Crippen LogP contribution in [0, 0.1) is 6.92 Å². The van der Waals surface area contributed by atoms with Crippen LogP contribution >= 0.6 is 11.3 Å². The summed E-state index contributed by atoms with van der Waals surface area (Å²) in [4.78, 5) is 3.64. The van der Waals surface area contributed by atoms with Crippen molar-refractivity contribution >= 4 is 11.3 Å². The molecule has 0 aromatic carbocycles. The van der Waals surface area contributed by atoms with Crippen LogP contribution in [0.4, 0.5) is 0 Å². The van der Waals surface area contributed by atoms with Gasteiger partial charge in [0, 0.05) is 11.4 Å². The fraction of sp³-hybridized carbons (Fsp3) is 0.800. The minimum Gasteiger partial charge on any atom is -0.386 e. The molecule has 0 spiro atoms. The number of hydrogen-bond donors (Lipinski definition) is 1. The Balaban J connectivity index is 1.76. The number of aryl methyl sites for hydroxylation is 1. The number of thiophene rings is 1. The lowest BCUT2D eigenvalue weighted by Crippen LogP contribution is -2.33. The van der Waals surface area contributed by atoms with E-state index < -0.39 is 0 Å². The fourth-order valence-corrected chi connectivity index (χ4v) is 4.71. The van der Waals surface area contributed by atoms with Crippen molar-refractivity contribution in [3.05, 3.63) is 21.4 Å². The number of likely N-dealkylation sites (tertiary alicyclic amines) is 1. The van der Waals surface area contributed by atoms with Crippen LogP contribution in [0.1, 0.15) is 86.8 Å². The summed E-state index contributed by atoms with van der Waals surface area (Å²) < 4.78 is 0. The zero-order chi connectivity index (χ0) is 16.5. The van der Waals surface area contributed by atoms with Gasteiger partial charge in [0.1, 0.15) is 6.10 Å². The first-order chi connectivity index (χ1) is 11.2. The van der Waals surface area contributed by atoms with E-state index in [2.05, 4.69) is 24.1 Å². The molecule has 0 bridgehead atoms. The Hall–Kier alpha value is -0.380. The molecule has 23 heavy (non-hydrogen) atoms. The zero-order valence-electron chi connectivity index (χ0n) is 15.1. The van der Waals surface area contributed by atoms with Gasteiger partial charge in [0.25, 0.3) is 0 Å². The summed E-state index contributed by atoms with van der Waals surface area (Å²) in [6, 6.07) is 0. The second kappa shape index (κ2) is 10.5. The van der Waals surface area contributed by atoms with Gasteiger partial charge in [0.2, 0.25) is 0 Å². The monoisotopic (exact) mass is 337 g/mol. The average Bonchev–Trinajstić information content (AvgIpc) is 2.93. The molecule has 1 saturated heterocycles. The number of aliphatic hydroxyl groups is 1. The number of piperidine rings is 1. The number of aliphatic hydroxyl groups excluding tert-OH is 1. The molecule has 1 aromatic heterocycles. The van der Waals surface area contributed by atoms with E-state index in [1.54, 1.807) is 11.3 Å². The van der Waals surface area contributed by atoms with Gasteiger partial charge < -0.3 is 10.0 Å². The van der Waals surface area contributed by atoms with E-state index in [-0.39, 0.29) is 6.10 Å². The molecular formula is C20H35NOS. The van der Waals surface area contributed by atoms with Gasteiger partial charge >= 0.3 is 0 Å². The van der Waals surface area contributed by atoms with Gasteiger partial charge in [-0.2, -0.15) is 0 Å². The Morgan fingerprint density at radius 3 is 2.52 bits per heavy atom. The first-order valence-electron chi connectivity index (χ1n) is 9.69. The summed E-state index contributed by atoms with van der Waals surface area (Å²) in [5.74, 6) is 0. The van der Waals surface area contributed by atoms with Crippen molar-refractivity contribution in [2.75, 3.05) is 19.6 Å². The van der Waals surface area contributed by atoms with Crippen LogP contribution in [0.5, 0.6) is 0 Å². The average molecular weight is 338 g/mol. The molecular weight excluding hydrogens is 302 g/mol. The molecule has 1 unspecified atom stereocenters. The predicted octanol–water partition coefficient (Wildman–Crippen LogP) is 5.48. The lowest BCUT2D eigenvalue weighted by atomic mass is 10.0. The summed E-state index contributed by atoms with van der Waals surface area (Å²) in [6.07, 6.45) is 12.9. The zero-order valence-corrected chi connectivity index (χ0v) is 16.0. The van der Waals surface area contributed by atoms with Crippen molar-refractivity contribution in [1.82, 2.24) is 4.90 Å². The van der Waals surface area contributed by atoms with E-state index in [9.17, 15) is 5.11 Å². The Morgan fingerprint density at radius 1 is 1.09 bits per heavy atom. The van der Waals surface area contributed by atoms with Crippen LogP contribution in [0.15, 0.2) is 5.38 Å². The molecule has 0 aliphatic carbocycles. The standard InChI is InChI=1S/C20H35NOS/c1-3-4-5-6-7-9-12-18-16-23-20(17(18)2)19(22)15-21-13-10-8-11-14-21/h16,19,22H,3-15H2,1-2H3. The van der Waals surface area contributed by atoms with Crippen molar-refractivity contribution in [2.24, 2.45) is 0 Å². The van der Waals surface area contributed by atoms with E-state index >= 15 is 0 Å². The topological polar surface area (TPSA) is 23.5 Å². The number of unbranched alkanes of at least 4 members (excludes halogenated alkanes) is 5. The lowest BCUT2D eigenvalue weighted by molar-refractivity contribution is 0.103. The van der Waals surface area contributed by atoms with Crippen LogP contribution in [0.3, 0.4) is 0 Å². The molecule has 1 aromatic rings. The highest BCUT2D eigenvalue weighted by Gasteiger charge is 2.19. The summed E-state index contributed by atoms with van der Waals surface area (Å²) in [7, 11) is 0. The molecule has 0 saturated carbocycles. The Morgan fingerprint density at radius 2 is 1.78 bits per heavy atom. The largest absolute Gasteiger partial charge is 0.386 e. The molecule has 1 aliphatic heterocycles. The van der Waals surface area contributed by atoms with Crippen molar-refractivity contribution < 1.29 is 5.11 Å². The van der Waals surface area contributed by atoms with Crippen LogP contribution in [0.2, 0.25) is 0 Å². The summed E-state index contributed by atoms with van der Waals surface area (Å²) >= 11 is 1.77. The van der Waals surface area contributed by atoms with E-state index in [1.807, 2.05) is 0 Å². The Bertz CT molecular complexity index is 437. The molecule has 1 N–H and O–H groups in total.